The molecule has 1 aliphatic rings. The van der Waals surface area contributed by atoms with Gasteiger partial charge in [0, 0.05) is 13.1 Å². The molecule has 5 nitrogen and oxygen atoms in total. The molecule has 2 aromatic carbocycles. The first-order chi connectivity index (χ1) is 14.5. The van der Waals surface area contributed by atoms with E-state index in [-0.39, 0.29) is 18.2 Å². The molecule has 30 heavy (non-hydrogen) atoms. The van der Waals surface area contributed by atoms with E-state index in [2.05, 4.69) is 24.4 Å². The predicted octanol–water partition coefficient (Wildman–Crippen LogP) is 3.85. The van der Waals surface area contributed by atoms with Gasteiger partial charge in [0.05, 0.1) is 12.1 Å². The third-order valence-electron chi connectivity index (χ3n) is 5.34. The molecule has 0 spiro atoms. The Morgan fingerprint density at radius 2 is 1.83 bits per heavy atom. The summed E-state index contributed by atoms with van der Waals surface area (Å²) in [5, 5.41) is 3.81. The summed E-state index contributed by atoms with van der Waals surface area (Å²) < 4.78 is 0. The molecule has 2 amide bonds. The van der Waals surface area contributed by atoms with E-state index in [4.69, 9.17) is 12.2 Å². The molecule has 158 valence electrons. The van der Waals surface area contributed by atoms with Gasteiger partial charge in [-0.2, -0.15) is 0 Å². The van der Waals surface area contributed by atoms with Gasteiger partial charge in [0.2, 0.25) is 5.91 Å². The number of carbonyl (C=O) groups excluding carboxylic acids is 2. The number of hydrogen-bond acceptors (Lipinski definition) is 3. The molecule has 2 aromatic rings. The Bertz CT molecular complexity index is 883. The summed E-state index contributed by atoms with van der Waals surface area (Å²) in [6.07, 6.45) is 2.94. The lowest BCUT2D eigenvalue weighted by atomic mass is 10.1. The number of benzene rings is 2. The van der Waals surface area contributed by atoms with Gasteiger partial charge in [-0.05, 0) is 49.7 Å². The van der Waals surface area contributed by atoms with Crippen LogP contribution in [0.5, 0.6) is 0 Å². The third-order valence-corrected chi connectivity index (χ3v) is 5.72. The van der Waals surface area contributed by atoms with Crippen molar-refractivity contribution in [2.45, 2.75) is 45.6 Å². The van der Waals surface area contributed by atoms with Gasteiger partial charge in [0.1, 0.15) is 6.04 Å². The van der Waals surface area contributed by atoms with Crippen LogP contribution in [0, 0.1) is 6.92 Å². The molecule has 1 atom stereocenters. The molecule has 0 aliphatic carbocycles. The maximum atomic E-state index is 13.3. The van der Waals surface area contributed by atoms with Crippen LogP contribution in [-0.4, -0.2) is 41.0 Å². The summed E-state index contributed by atoms with van der Waals surface area (Å²) in [6, 6.07) is 17.0. The third kappa shape index (κ3) is 5.25. The summed E-state index contributed by atoms with van der Waals surface area (Å²) >= 11 is 5.64. The van der Waals surface area contributed by atoms with E-state index in [1.807, 2.05) is 54.3 Å². The fourth-order valence-electron chi connectivity index (χ4n) is 3.59. The Kier molecular flexibility index (Phi) is 7.57. The number of thiocarbonyl (C=S) groups is 1. The summed E-state index contributed by atoms with van der Waals surface area (Å²) in [6.45, 7) is 5.43. The highest BCUT2D eigenvalue weighted by Crippen LogP contribution is 2.26. The van der Waals surface area contributed by atoms with E-state index >= 15 is 0 Å². The number of aryl methyl sites for hydroxylation is 1. The number of nitrogens with zero attached hydrogens (tertiary/aromatic N) is 2. The minimum atomic E-state index is -0.579. The lowest BCUT2D eigenvalue weighted by Gasteiger charge is -2.30. The fraction of sp³-hybridized carbons (Fsp3) is 0.375. The molecule has 0 radical (unpaired) electrons. The van der Waals surface area contributed by atoms with Crippen molar-refractivity contribution in [3.05, 3.63) is 65.7 Å². The first kappa shape index (κ1) is 22.0. The number of hydrogen-bond donors (Lipinski definition) is 1. The van der Waals surface area contributed by atoms with Crippen LogP contribution in [0.3, 0.4) is 0 Å². The van der Waals surface area contributed by atoms with Crippen LogP contribution in [0.15, 0.2) is 54.6 Å². The number of nitrogens with one attached hydrogen (secondary N) is 1. The summed E-state index contributed by atoms with van der Waals surface area (Å²) in [4.78, 5) is 29.2. The van der Waals surface area contributed by atoms with Crippen molar-refractivity contribution in [3.63, 3.8) is 0 Å². The Labute approximate surface area is 184 Å². The lowest BCUT2D eigenvalue weighted by molar-refractivity contribution is -0.122. The molecule has 1 N–H and O–H groups in total. The van der Waals surface area contributed by atoms with Gasteiger partial charge in [-0.25, -0.2) is 4.90 Å². The molecule has 0 bridgehead atoms. The Balaban J connectivity index is 1.78. The van der Waals surface area contributed by atoms with Gasteiger partial charge in [-0.3, -0.25) is 9.59 Å². The first-order valence-electron chi connectivity index (χ1n) is 10.5. The van der Waals surface area contributed by atoms with E-state index in [0.717, 1.165) is 31.4 Å². The highest BCUT2D eigenvalue weighted by Gasteiger charge is 2.43. The minimum Gasteiger partial charge on any atom is -0.363 e. The second-order valence-corrected chi connectivity index (χ2v) is 8.02. The standard InChI is InChI=1S/C24H29N3O2S/c1-3-4-15-25-24(30)26(16-14-19-8-6-5-7-9-19)21-17-22(28)27(23(21)29)20-12-10-18(2)11-13-20/h5-13,21H,3-4,14-17H2,1-2H3,(H,25,30)/t21-/m1/s1. The fourth-order valence-corrected chi connectivity index (χ4v) is 3.91. The number of anilines is 1. The first-order valence-corrected chi connectivity index (χ1v) is 10.9. The van der Waals surface area contributed by atoms with E-state index in [0.29, 0.717) is 17.3 Å². The molecular weight excluding hydrogens is 394 g/mol. The maximum Gasteiger partial charge on any atom is 0.257 e. The second-order valence-electron chi connectivity index (χ2n) is 7.64. The van der Waals surface area contributed by atoms with Crippen molar-refractivity contribution in [3.8, 4) is 0 Å². The van der Waals surface area contributed by atoms with Crippen molar-refractivity contribution >= 4 is 34.8 Å². The summed E-state index contributed by atoms with van der Waals surface area (Å²) in [5.41, 5.74) is 2.87. The van der Waals surface area contributed by atoms with Crippen LogP contribution in [0.25, 0.3) is 0 Å². The molecule has 0 saturated carbocycles. The van der Waals surface area contributed by atoms with Crippen molar-refractivity contribution in [2.24, 2.45) is 0 Å². The predicted molar refractivity (Wildman–Crippen MR) is 124 cm³/mol. The zero-order valence-corrected chi connectivity index (χ0v) is 18.5. The van der Waals surface area contributed by atoms with Crippen molar-refractivity contribution in [1.29, 1.82) is 0 Å². The largest absolute Gasteiger partial charge is 0.363 e. The van der Waals surface area contributed by atoms with Gasteiger partial charge >= 0.3 is 0 Å². The van der Waals surface area contributed by atoms with Crippen LogP contribution in [0.2, 0.25) is 0 Å². The second kappa shape index (κ2) is 10.3. The molecule has 0 unspecified atom stereocenters. The van der Waals surface area contributed by atoms with Gasteiger partial charge in [0.15, 0.2) is 5.11 Å². The number of rotatable bonds is 8. The molecule has 1 fully saturated rings. The molecule has 3 rings (SSSR count). The van der Waals surface area contributed by atoms with Crippen LogP contribution in [0.4, 0.5) is 5.69 Å². The topological polar surface area (TPSA) is 52.7 Å². The van der Waals surface area contributed by atoms with Gasteiger partial charge in [0.25, 0.3) is 5.91 Å². The van der Waals surface area contributed by atoms with Gasteiger partial charge in [-0.15, -0.1) is 0 Å². The Morgan fingerprint density at radius 1 is 1.13 bits per heavy atom. The minimum absolute atomic E-state index is 0.136. The maximum absolute atomic E-state index is 13.3. The van der Waals surface area contributed by atoms with Crippen molar-refractivity contribution < 1.29 is 9.59 Å². The molecule has 1 saturated heterocycles. The number of amides is 2. The Morgan fingerprint density at radius 3 is 2.50 bits per heavy atom. The van der Waals surface area contributed by atoms with Crippen LogP contribution >= 0.6 is 12.2 Å². The van der Waals surface area contributed by atoms with E-state index in [1.165, 1.54) is 10.5 Å². The monoisotopic (exact) mass is 423 g/mol. The van der Waals surface area contributed by atoms with Crippen molar-refractivity contribution in [1.82, 2.24) is 10.2 Å². The number of imide groups is 1. The normalized spacial score (nSPS) is 16.1. The van der Waals surface area contributed by atoms with Crippen molar-refractivity contribution in [2.75, 3.05) is 18.0 Å². The molecule has 6 heteroatoms. The molecular formula is C24H29N3O2S. The molecule has 1 aliphatic heterocycles. The number of unbranched alkanes of at least 4 members (excludes halogenated alkanes) is 1. The SMILES string of the molecule is CCCCNC(=S)N(CCc1ccccc1)[C@@H]1CC(=O)N(c2ccc(C)cc2)C1=O. The molecule has 0 aromatic heterocycles. The number of carbonyl (C=O) groups is 2. The summed E-state index contributed by atoms with van der Waals surface area (Å²) in [5.74, 6) is -0.397. The van der Waals surface area contributed by atoms with E-state index < -0.39 is 6.04 Å². The quantitative estimate of drug-likeness (QED) is 0.397. The zero-order valence-electron chi connectivity index (χ0n) is 17.6. The van der Waals surface area contributed by atoms with Crippen LogP contribution in [-0.2, 0) is 16.0 Å². The van der Waals surface area contributed by atoms with Crippen LogP contribution in [0.1, 0.15) is 37.3 Å². The average molecular weight is 424 g/mol. The van der Waals surface area contributed by atoms with Gasteiger partial charge in [-0.1, -0.05) is 61.4 Å². The van der Waals surface area contributed by atoms with E-state index in [1.54, 1.807) is 0 Å². The van der Waals surface area contributed by atoms with E-state index in [9.17, 15) is 9.59 Å². The smallest absolute Gasteiger partial charge is 0.257 e. The Hall–Kier alpha value is -2.73. The average Bonchev–Trinajstić information content (AvgIpc) is 3.04. The highest BCUT2D eigenvalue weighted by atomic mass is 32.1. The highest BCUT2D eigenvalue weighted by molar-refractivity contribution is 7.80. The zero-order chi connectivity index (χ0) is 21.5. The lowest BCUT2D eigenvalue weighted by Crippen LogP contribution is -2.50. The summed E-state index contributed by atoms with van der Waals surface area (Å²) in [7, 11) is 0. The molecule has 1 heterocycles. The van der Waals surface area contributed by atoms with Gasteiger partial charge < -0.3 is 10.2 Å². The van der Waals surface area contributed by atoms with Crippen LogP contribution < -0.4 is 10.2 Å².